The van der Waals surface area contributed by atoms with Crippen molar-refractivity contribution >= 4 is 34.9 Å². The Labute approximate surface area is 254 Å². The number of anilines is 1. The standard InChI is InChI=1S/C30H31Cl2N7O3/c1-20(22-3-5-26-27(15-22)42-13-12-41-26)35-29(40)16-23-18-37(17-21-2-4-24(31)25(32)14-21)10-11-39(23)28-6-7-34-30(36-28)38-9-8-33-19-38/h2-9,14-15,19-20,23H,10-13,16-18H2,1H3,(H,35,40). The highest BCUT2D eigenvalue weighted by molar-refractivity contribution is 6.42. The number of carbonyl (C=O) groups is 1. The summed E-state index contributed by atoms with van der Waals surface area (Å²) in [5.74, 6) is 2.67. The van der Waals surface area contributed by atoms with E-state index in [1.165, 1.54) is 0 Å². The van der Waals surface area contributed by atoms with Crippen LogP contribution in [0, 0.1) is 0 Å². The molecule has 10 nitrogen and oxygen atoms in total. The predicted octanol–water partition coefficient (Wildman–Crippen LogP) is 4.70. The first kappa shape index (κ1) is 28.3. The van der Waals surface area contributed by atoms with Gasteiger partial charge in [0, 0.05) is 51.2 Å². The third-order valence-corrected chi connectivity index (χ3v) is 8.22. The predicted molar refractivity (Wildman–Crippen MR) is 161 cm³/mol. The van der Waals surface area contributed by atoms with Crippen LogP contribution in [0.4, 0.5) is 5.82 Å². The number of nitrogens with one attached hydrogen (secondary N) is 1. The molecule has 0 aliphatic carbocycles. The topological polar surface area (TPSA) is 97.6 Å². The van der Waals surface area contributed by atoms with Crippen LogP contribution in [0.1, 0.15) is 30.5 Å². The van der Waals surface area contributed by atoms with Gasteiger partial charge in [-0.15, -0.1) is 0 Å². The molecule has 1 saturated heterocycles. The van der Waals surface area contributed by atoms with Gasteiger partial charge in [-0.3, -0.25) is 14.3 Å². The van der Waals surface area contributed by atoms with E-state index in [1.54, 1.807) is 29.5 Å². The molecule has 1 amide bonds. The van der Waals surface area contributed by atoms with Crippen LogP contribution < -0.4 is 19.7 Å². The number of hydrogen-bond donors (Lipinski definition) is 1. The zero-order chi connectivity index (χ0) is 29.1. The van der Waals surface area contributed by atoms with E-state index in [9.17, 15) is 4.79 Å². The molecule has 4 heterocycles. The second-order valence-electron chi connectivity index (χ2n) is 10.4. The minimum Gasteiger partial charge on any atom is -0.486 e. The number of halogens is 2. The second-order valence-corrected chi connectivity index (χ2v) is 11.2. The van der Waals surface area contributed by atoms with Gasteiger partial charge in [0.05, 0.1) is 22.1 Å². The summed E-state index contributed by atoms with van der Waals surface area (Å²) in [6, 6.07) is 13.0. The molecule has 2 aromatic heterocycles. The molecule has 2 aromatic carbocycles. The zero-order valence-corrected chi connectivity index (χ0v) is 24.6. The van der Waals surface area contributed by atoms with E-state index in [2.05, 4.69) is 25.1 Å². The number of benzene rings is 2. The lowest BCUT2D eigenvalue weighted by atomic mass is 10.0. The monoisotopic (exact) mass is 607 g/mol. The molecule has 2 aliphatic rings. The van der Waals surface area contributed by atoms with Gasteiger partial charge in [0.2, 0.25) is 11.9 Å². The van der Waals surface area contributed by atoms with Crippen molar-refractivity contribution in [1.29, 1.82) is 0 Å². The second kappa shape index (κ2) is 12.6. The molecule has 0 bridgehead atoms. The Bertz CT molecular complexity index is 1550. The van der Waals surface area contributed by atoms with Crippen molar-refractivity contribution in [2.75, 3.05) is 37.7 Å². The minimum absolute atomic E-state index is 0.0485. The van der Waals surface area contributed by atoms with Gasteiger partial charge in [0.15, 0.2) is 11.5 Å². The molecule has 4 aromatic rings. The van der Waals surface area contributed by atoms with Crippen LogP contribution in [-0.4, -0.2) is 69.2 Å². The number of hydrogen-bond acceptors (Lipinski definition) is 8. The Hall–Kier alpha value is -3.86. The Morgan fingerprint density at radius 2 is 1.90 bits per heavy atom. The first-order valence-corrected chi connectivity index (χ1v) is 14.6. The largest absolute Gasteiger partial charge is 0.486 e. The molecule has 0 spiro atoms. The van der Waals surface area contributed by atoms with Crippen molar-refractivity contribution in [2.24, 2.45) is 0 Å². The fourth-order valence-electron chi connectivity index (χ4n) is 5.36. The highest BCUT2D eigenvalue weighted by Crippen LogP contribution is 2.33. The Balaban J connectivity index is 1.19. The van der Waals surface area contributed by atoms with E-state index in [-0.39, 0.29) is 24.4 Å². The number of aromatic nitrogens is 4. The lowest BCUT2D eigenvalue weighted by Crippen LogP contribution is -2.54. The number of piperazine rings is 1. The normalized spacial score (nSPS) is 17.6. The Morgan fingerprint density at radius 3 is 2.71 bits per heavy atom. The molecule has 0 radical (unpaired) electrons. The summed E-state index contributed by atoms with van der Waals surface area (Å²) in [5, 5.41) is 4.24. The van der Waals surface area contributed by atoms with Crippen molar-refractivity contribution in [3.63, 3.8) is 0 Å². The summed E-state index contributed by atoms with van der Waals surface area (Å²) in [4.78, 5) is 31.3. The molecule has 6 rings (SSSR count). The smallest absolute Gasteiger partial charge is 0.236 e. The molecule has 1 N–H and O–H groups in total. The van der Waals surface area contributed by atoms with E-state index in [0.29, 0.717) is 54.6 Å². The molecular formula is C30H31Cl2N7O3. The molecule has 2 unspecified atom stereocenters. The van der Waals surface area contributed by atoms with Crippen molar-refractivity contribution in [1.82, 2.24) is 29.7 Å². The molecule has 12 heteroatoms. The van der Waals surface area contributed by atoms with Crippen LogP contribution in [0.25, 0.3) is 5.95 Å². The number of imidazole rings is 1. The first-order valence-electron chi connectivity index (χ1n) is 13.9. The molecular weight excluding hydrogens is 577 g/mol. The fourth-order valence-corrected chi connectivity index (χ4v) is 5.68. The summed E-state index contributed by atoms with van der Waals surface area (Å²) < 4.78 is 13.1. The van der Waals surface area contributed by atoms with Crippen LogP contribution in [0.15, 0.2) is 67.4 Å². The average Bonchev–Trinajstić information content (AvgIpc) is 3.54. The van der Waals surface area contributed by atoms with Gasteiger partial charge < -0.3 is 19.7 Å². The van der Waals surface area contributed by atoms with Gasteiger partial charge in [-0.25, -0.2) is 9.97 Å². The fraction of sp³-hybridized carbons (Fsp3) is 0.333. The maximum atomic E-state index is 13.5. The molecule has 42 heavy (non-hydrogen) atoms. The van der Waals surface area contributed by atoms with Gasteiger partial charge in [-0.1, -0.05) is 35.3 Å². The van der Waals surface area contributed by atoms with Crippen molar-refractivity contribution in [3.05, 3.63) is 88.6 Å². The summed E-state index contributed by atoms with van der Waals surface area (Å²) in [7, 11) is 0. The van der Waals surface area contributed by atoms with Crippen LogP contribution in [0.5, 0.6) is 11.5 Å². The molecule has 0 saturated carbocycles. The lowest BCUT2D eigenvalue weighted by Gasteiger charge is -2.42. The van der Waals surface area contributed by atoms with Gasteiger partial charge in [-0.2, -0.15) is 4.98 Å². The van der Waals surface area contributed by atoms with E-state index in [1.807, 2.05) is 49.4 Å². The van der Waals surface area contributed by atoms with Crippen LogP contribution in [0.2, 0.25) is 10.0 Å². The van der Waals surface area contributed by atoms with Gasteiger partial charge in [0.25, 0.3) is 0 Å². The number of rotatable bonds is 8. The maximum absolute atomic E-state index is 13.5. The number of fused-ring (bicyclic) bond motifs is 1. The lowest BCUT2D eigenvalue weighted by molar-refractivity contribution is -0.122. The minimum atomic E-state index is -0.204. The Kier molecular flexibility index (Phi) is 8.46. The quantitative estimate of drug-likeness (QED) is 0.308. The zero-order valence-electron chi connectivity index (χ0n) is 23.1. The van der Waals surface area contributed by atoms with E-state index in [0.717, 1.165) is 29.2 Å². The van der Waals surface area contributed by atoms with Crippen LogP contribution >= 0.6 is 23.2 Å². The average molecular weight is 609 g/mol. The van der Waals surface area contributed by atoms with Crippen molar-refractivity contribution < 1.29 is 14.3 Å². The summed E-state index contributed by atoms with van der Waals surface area (Å²) >= 11 is 12.4. The van der Waals surface area contributed by atoms with E-state index in [4.69, 9.17) is 37.7 Å². The van der Waals surface area contributed by atoms with Gasteiger partial charge in [-0.05, 0) is 48.4 Å². The third-order valence-electron chi connectivity index (χ3n) is 7.48. The third kappa shape index (κ3) is 6.46. The molecule has 1 fully saturated rings. The van der Waals surface area contributed by atoms with Crippen LogP contribution in [-0.2, 0) is 11.3 Å². The first-order chi connectivity index (χ1) is 20.4. The number of amides is 1. The maximum Gasteiger partial charge on any atom is 0.236 e. The van der Waals surface area contributed by atoms with Crippen molar-refractivity contribution in [2.45, 2.75) is 32.0 Å². The van der Waals surface area contributed by atoms with Crippen molar-refractivity contribution in [3.8, 4) is 17.4 Å². The molecule has 2 atom stereocenters. The summed E-state index contributed by atoms with van der Waals surface area (Å²) in [5.41, 5.74) is 2.02. The highest BCUT2D eigenvalue weighted by Gasteiger charge is 2.31. The number of carbonyl (C=O) groups excluding carboxylic acids is 1. The van der Waals surface area contributed by atoms with E-state index < -0.39 is 0 Å². The van der Waals surface area contributed by atoms with Gasteiger partial charge >= 0.3 is 0 Å². The molecule has 2 aliphatic heterocycles. The highest BCUT2D eigenvalue weighted by atomic mass is 35.5. The number of ether oxygens (including phenoxy) is 2. The SMILES string of the molecule is CC(NC(=O)CC1CN(Cc2ccc(Cl)c(Cl)c2)CCN1c1ccnc(-n2ccnc2)n1)c1ccc2c(c1)OCCO2. The Morgan fingerprint density at radius 1 is 1.05 bits per heavy atom. The van der Waals surface area contributed by atoms with Gasteiger partial charge in [0.1, 0.15) is 25.4 Å². The number of nitrogens with zero attached hydrogens (tertiary/aromatic N) is 6. The van der Waals surface area contributed by atoms with E-state index >= 15 is 0 Å². The molecule has 218 valence electrons. The van der Waals surface area contributed by atoms with Crippen LogP contribution in [0.3, 0.4) is 0 Å². The summed E-state index contributed by atoms with van der Waals surface area (Å²) in [6.45, 7) is 5.86. The summed E-state index contributed by atoms with van der Waals surface area (Å²) in [6.07, 6.45) is 7.18.